The van der Waals surface area contributed by atoms with Crippen molar-refractivity contribution in [2.45, 2.75) is 24.9 Å². The van der Waals surface area contributed by atoms with Crippen LogP contribution in [0.5, 0.6) is 0 Å². The van der Waals surface area contributed by atoms with Crippen LogP contribution in [0.1, 0.15) is 18.5 Å². The van der Waals surface area contributed by atoms with E-state index in [0.717, 1.165) is 0 Å². The molecule has 2 atom stereocenters. The van der Waals surface area contributed by atoms with Crippen LogP contribution in [0.3, 0.4) is 0 Å². The van der Waals surface area contributed by atoms with E-state index in [0.29, 0.717) is 10.6 Å². The molecule has 1 saturated heterocycles. The van der Waals surface area contributed by atoms with Crippen molar-refractivity contribution in [2.24, 2.45) is 0 Å². The van der Waals surface area contributed by atoms with Crippen molar-refractivity contribution in [1.29, 1.82) is 0 Å². The minimum atomic E-state index is -3.05. The highest BCUT2D eigenvalue weighted by Crippen LogP contribution is 2.27. The van der Waals surface area contributed by atoms with Crippen molar-refractivity contribution in [3.63, 3.8) is 0 Å². The number of aromatic nitrogens is 1. The number of carbonyl (C=O) groups is 1. The first-order valence-electron chi connectivity index (χ1n) is 6.41. The van der Waals surface area contributed by atoms with Gasteiger partial charge in [0.1, 0.15) is 12.6 Å². The minimum Gasteiger partial charge on any atom is -0.373 e. The fraction of sp³-hybridized carbons (Fsp3) is 0.538. The third-order valence-electron chi connectivity index (χ3n) is 3.54. The van der Waals surface area contributed by atoms with Crippen molar-refractivity contribution in [2.75, 3.05) is 20.3 Å². The monoisotopic (exact) mass is 319 g/mol. The normalized spacial score (nSPS) is 21.9. The first-order chi connectivity index (χ1) is 9.83. The van der Waals surface area contributed by atoms with Crippen LogP contribution < -0.4 is 5.32 Å². The number of nitrogens with one attached hydrogen (secondary N) is 1. The molecule has 2 rings (SSSR count). The molecule has 0 aromatic carbocycles. The quantitative estimate of drug-likeness (QED) is 0.931. The van der Waals surface area contributed by atoms with Gasteiger partial charge in [-0.25, -0.2) is 13.6 Å². The molecule has 1 aliphatic rings. The second-order valence-electron chi connectivity index (χ2n) is 4.96. The summed E-state index contributed by atoms with van der Waals surface area (Å²) < 4.78 is 31.6. The van der Waals surface area contributed by atoms with Gasteiger partial charge in [-0.1, -0.05) is 11.6 Å². The molecule has 2 heterocycles. The van der Waals surface area contributed by atoms with E-state index in [9.17, 15) is 13.6 Å². The van der Waals surface area contributed by atoms with Gasteiger partial charge < -0.3 is 15.0 Å². The average Bonchev–Trinajstić information content (AvgIpc) is 2.77. The summed E-state index contributed by atoms with van der Waals surface area (Å²) in [5.41, 5.74) is 0.693. The molecule has 1 aliphatic heterocycles. The molecule has 0 spiro atoms. The van der Waals surface area contributed by atoms with E-state index in [1.165, 1.54) is 18.1 Å². The number of ether oxygens (including phenoxy) is 1. The summed E-state index contributed by atoms with van der Waals surface area (Å²) >= 11 is 6.02. The predicted octanol–water partition coefficient (Wildman–Crippen LogP) is 2.47. The standard InChI is InChI=1S/C13H16ClF2N3O2/c1-8(9-3-4-17-5-10(9)14)19(2)12(20)18-11-6-21-7-13(11,15)16/h3-5,8,11H,6-7H2,1-2H3,(H,18,20)/t8-,11+/m0/s1. The number of hydrogen-bond acceptors (Lipinski definition) is 3. The molecular formula is C13H16ClF2N3O2. The zero-order chi connectivity index (χ0) is 15.6. The van der Waals surface area contributed by atoms with Crippen LogP contribution in [0.2, 0.25) is 5.02 Å². The lowest BCUT2D eigenvalue weighted by atomic mass is 10.1. The average molecular weight is 320 g/mol. The second-order valence-corrected chi connectivity index (χ2v) is 5.37. The Labute approximate surface area is 126 Å². The van der Waals surface area contributed by atoms with Crippen LogP contribution in [-0.2, 0) is 4.74 Å². The summed E-state index contributed by atoms with van der Waals surface area (Å²) in [6, 6.07) is -0.612. The van der Waals surface area contributed by atoms with Gasteiger partial charge in [-0.05, 0) is 18.6 Å². The number of urea groups is 1. The molecule has 1 fully saturated rings. The molecule has 0 aliphatic carbocycles. The lowest BCUT2D eigenvalue weighted by Crippen LogP contribution is -2.51. The van der Waals surface area contributed by atoms with E-state index in [-0.39, 0.29) is 12.6 Å². The van der Waals surface area contributed by atoms with Crippen molar-refractivity contribution in [1.82, 2.24) is 15.2 Å². The van der Waals surface area contributed by atoms with Crippen molar-refractivity contribution >= 4 is 17.6 Å². The van der Waals surface area contributed by atoms with Gasteiger partial charge in [0.2, 0.25) is 0 Å². The number of nitrogens with zero attached hydrogens (tertiary/aromatic N) is 2. The van der Waals surface area contributed by atoms with E-state index in [2.05, 4.69) is 10.3 Å². The number of halogens is 3. The molecule has 0 radical (unpaired) electrons. The Morgan fingerprint density at radius 2 is 2.38 bits per heavy atom. The molecule has 1 aromatic heterocycles. The molecule has 1 N–H and O–H groups in total. The van der Waals surface area contributed by atoms with Crippen LogP contribution in [0.25, 0.3) is 0 Å². The SMILES string of the molecule is C[C@@H](c1ccncc1Cl)N(C)C(=O)N[C@@H]1COCC1(F)F. The van der Waals surface area contributed by atoms with Gasteiger partial charge in [0.15, 0.2) is 0 Å². The van der Waals surface area contributed by atoms with Gasteiger partial charge in [-0.2, -0.15) is 0 Å². The molecule has 5 nitrogen and oxygen atoms in total. The lowest BCUT2D eigenvalue weighted by Gasteiger charge is -2.28. The molecule has 0 saturated carbocycles. The molecule has 0 unspecified atom stereocenters. The Morgan fingerprint density at radius 3 is 2.95 bits per heavy atom. The van der Waals surface area contributed by atoms with Crippen LogP contribution in [-0.4, -0.2) is 48.1 Å². The van der Waals surface area contributed by atoms with Gasteiger partial charge in [0.25, 0.3) is 5.92 Å². The summed E-state index contributed by atoms with van der Waals surface area (Å²) in [5.74, 6) is -3.05. The van der Waals surface area contributed by atoms with E-state index in [4.69, 9.17) is 16.3 Å². The third kappa shape index (κ3) is 3.41. The number of alkyl halides is 2. The predicted molar refractivity (Wildman–Crippen MR) is 73.5 cm³/mol. The zero-order valence-corrected chi connectivity index (χ0v) is 12.4. The van der Waals surface area contributed by atoms with Crippen molar-refractivity contribution < 1.29 is 18.3 Å². The maximum absolute atomic E-state index is 13.4. The molecular weight excluding hydrogens is 304 g/mol. The zero-order valence-electron chi connectivity index (χ0n) is 11.6. The van der Waals surface area contributed by atoms with Gasteiger partial charge in [0.05, 0.1) is 17.7 Å². The summed E-state index contributed by atoms with van der Waals surface area (Å²) in [4.78, 5) is 17.3. The Morgan fingerprint density at radius 1 is 1.67 bits per heavy atom. The number of amides is 2. The van der Waals surface area contributed by atoms with Gasteiger partial charge in [-0.3, -0.25) is 4.98 Å². The molecule has 2 amide bonds. The Balaban J connectivity index is 2.04. The van der Waals surface area contributed by atoms with Crippen molar-refractivity contribution in [3.8, 4) is 0 Å². The van der Waals surface area contributed by atoms with Gasteiger partial charge in [0, 0.05) is 19.4 Å². The minimum absolute atomic E-state index is 0.197. The number of carbonyl (C=O) groups excluding carboxylic acids is 1. The van der Waals surface area contributed by atoms with Crippen LogP contribution in [0.15, 0.2) is 18.5 Å². The highest BCUT2D eigenvalue weighted by atomic mass is 35.5. The van der Waals surface area contributed by atoms with Crippen LogP contribution >= 0.6 is 11.6 Å². The van der Waals surface area contributed by atoms with Crippen molar-refractivity contribution in [3.05, 3.63) is 29.0 Å². The second kappa shape index (κ2) is 6.11. The van der Waals surface area contributed by atoms with Gasteiger partial charge in [-0.15, -0.1) is 0 Å². The summed E-state index contributed by atoms with van der Waals surface area (Å²) in [6.07, 6.45) is 3.03. The van der Waals surface area contributed by atoms with Crippen LogP contribution in [0, 0.1) is 0 Å². The third-order valence-corrected chi connectivity index (χ3v) is 3.86. The van der Waals surface area contributed by atoms with E-state index in [1.54, 1.807) is 19.2 Å². The van der Waals surface area contributed by atoms with E-state index >= 15 is 0 Å². The molecule has 21 heavy (non-hydrogen) atoms. The number of hydrogen-bond donors (Lipinski definition) is 1. The number of rotatable bonds is 3. The molecule has 116 valence electrons. The molecule has 1 aromatic rings. The maximum Gasteiger partial charge on any atom is 0.318 e. The highest BCUT2D eigenvalue weighted by Gasteiger charge is 2.46. The maximum atomic E-state index is 13.4. The van der Waals surface area contributed by atoms with Gasteiger partial charge >= 0.3 is 6.03 Å². The fourth-order valence-electron chi connectivity index (χ4n) is 2.04. The smallest absolute Gasteiger partial charge is 0.318 e. The summed E-state index contributed by atoms with van der Waals surface area (Å²) in [6.45, 7) is 0.883. The fourth-order valence-corrected chi connectivity index (χ4v) is 2.32. The first kappa shape index (κ1) is 15.9. The largest absolute Gasteiger partial charge is 0.373 e. The van der Waals surface area contributed by atoms with E-state index in [1.807, 2.05) is 0 Å². The van der Waals surface area contributed by atoms with Crippen LogP contribution in [0.4, 0.5) is 13.6 Å². The van der Waals surface area contributed by atoms with E-state index < -0.39 is 24.6 Å². The molecule has 0 bridgehead atoms. The summed E-state index contributed by atoms with van der Waals surface area (Å²) in [7, 11) is 1.52. The lowest BCUT2D eigenvalue weighted by molar-refractivity contribution is -0.0223. The Kier molecular flexibility index (Phi) is 4.63. The Hall–Kier alpha value is -1.47. The highest BCUT2D eigenvalue weighted by molar-refractivity contribution is 6.31. The molecule has 8 heteroatoms. The number of pyridine rings is 1. The first-order valence-corrected chi connectivity index (χ1v) is 6.79. The Bertz CT molecular complexity index is 530. The topological polar surface area (TPSA) is 54.5 Å². The summed E-state index contributed by atoms with van der Waals surface area (Å²) in [5, 5.41) is 2.71.